The number of hydrogen-bond acceptors (Lipinski definition) is 1. The molecule has 2 rings (SSSR count). The van der Waals surface area contributed by atoms with E-state index in [1.54, 1.807) is 9.91 Å². The standard InChI is InChI=1S/C9H7N2.C4H9.Sn/c1-2-4-8(5-3-1)9-6-10-7-11-9;1-4(2)3;/h2-7H,(H,10,11);1-3H3;. The van der Waals surface area contributed by atoms with Gasteiger partial charge in [0.1, 0.15) is 0 Å². The van der Waals surface area contributed by atoms with Crippen LogP contribution in [0, 0.1) is 0 Å². The number of aromatic amines is 1. The van der Waals surface area contributed by atoms with Crippen molar-refractivity contribution < 1.29 is 0 Å². The molecule has 0 spiro atoms. The summed E-state index contributed by atoms with van der Waals surface area (Å²) in [6.45, 7) is 7.01. The van der Waals surface area contributed by atoms with Crippen LogP contribution in [0.3, 0.4) is 0 Å². The SMILES string of the molecule is C[C](C)(C)[Sn][c]1ccc(-c2cnc[nH]2)cc1. The fourth-order valence-corrected chi connectivity index (χ4v) is 5.00. The predicted octanol–water partition coefficient (Wildman–Crippen LogP) is 2.62. The van der Waals surface area contributed by atoms with Gasteiger partial charge in [-0.2, -0.15) is 0 Å². The Morgan fingerprint density at radius 2 is 1.81 bits per heavy atom. The van der Waals surface area contributed by atoms with Crippen LogP contribution in [-0.4, -0.2) is 31.1 Å². The Balaban J connectivity index is 2.17. The number of imidazole rings is 1. The molecular weight excluding hydrogens is 303 g/mol. The third-order valence-corrected chi connectivity index (χ3v) is 6.13. The van der Waals surface area contributed by atoms with Gasteiger partial charge in [-0.05, 0) is 0 Å². The molecule has 0 aliphatic carbocycles. The van der Waals surface area contributed by atoms with Crippen molar-refractivity contribution in [3.63, 3.8) is 0 Å². The number of H-pyrrole nitrogens is 1. The molecule has 0 atom stereocenters. The van der Waals surface area contributed by atoms with Gasteiger partial charge >= 0.3 is 107 Å². The summed E-state index contributed by atoms with van der Waals surface area (Å²) in [5.41, 5.74) is 2.31. The van der Waals surface area contributed by atoms with Crippen molar-refractivity contribution in [1.29, 1.82) is 0 Å². The van der Waals surface area contributed by atoms with Crippen molar-refractivity contribution in [3.05, 3.63) is 36.8 Å². The van der Waals surface area contributed by atoms with E-state index in [1.807, 2.05) is 6.20 Å². The summed E-state index contributed by atoms with van der Waals surface area (Å²) in [6, 6.07) is 8.92. The van der Waals surface area contributed by atoms with Gasteiger partial charge in [-0.15, -0.1) is 0 Å². The van der Waals surface area contributed by atoms with Crippen LogP contribution in [0.5, 0.6) is 0 Å². The number of aromatic nitrogens is 2. The second-order valence-electron chi connectivity index (χ2n) is 4.92. The van der Waals surface area contributed by atoms with Gasteiger partial charge in [-0.25, -0.2) is 0 Å². The normalized spacial score (nSPS) is 11.7. The fraction of sp³-hybridized carbons (Fsp3) is 0.308. The first kappa shape index (κ1) is 11.7. The van der Waals surface area contributed by atoms with E-state index in [-0.39, 0.29) is 0 Å². The van der Waals surface area contributed by atoms with Crippen LogP contribution in [0.1, 0.15) is 20.8 Å². The summed E-state index contributed by atoms with van der Waals surface area (Å²) >= 11 is -0.470. The van der Waals surface area contributed by atoms with E-state index in [9.17, 15) is 0 Å². The zero-order chi connectivity index (χ0) is 11.6. The van der Waals surface area contributed by atoms with Crippen molar-refractivity contribution in [1.82, 2.24) is 9.97 Å². The minimum absolute atomic E-state index is 0.470. The number of nitrogens with one attached hydrogen (secondary N) is 1. The molecule has 1 heterocycles. The molecule has 0 bridgehead atoms. The molecule has 3 heteroatoms. The summed E-state index contributed by atoms with van der Waals surface area (Å²) < 4.78 is 2.07. The fourth-order valence-electron chi connectivity index (χ4n) is 1.58. The van der Waals surface area contributed by atoms with Crippen LogP contribution < -0.4 is 3.58 Å². The third kappa shape index (κ3) is 3.11. The molecule has 0 saturated carbocycles. The van der Waals surface area contributed by atoms with Crippen LogP contribution in [-0.2, 0) is 0 Å². The predicted molar refractivity (Wildman–Crippen MR) is 69.1 cm³/mol. The Morgan fingerprint density at radius 1 is 1.12 bits per heavy atom. The molecule has 2 nitrogen and oxygen atoms in total. The molecule has 1 aromatic carbocycles. The van der Waals surface area contributed by atoms with Gasteiger partial charge in [0.05, 0.1) is 0 Å². The van der Waals surface area contributed by atoms with Crippen LogP contribution in [0.2, 0.25) is 3.43 Å². The zero-order valence-corrected chi connectivity index (χ0v) is 12.8. The maximum absolute atomic E-state index is 4.04. The molecule has 82 valence electrons. The molecule has 0 aliphatic heterocycles. The van der Waals surface area contributed by atoms with Gasteiger partial charge in [0, 0.05) is 0 Å². The number of hydrogen-bond donors (Lipinski definition) is 1. The Kier molecular flexibility index (Phi) is 3.38. The Morgan fingerprint density at radius 3 is 2.31 bits per heavy atom. The van der Waals surface area contributed by atoms with Gasteiger partial charge < -0.3 is 0 Å². The van der Waals surface area contributed by atoms with Gasteiger partial charge in [-0.3, -0.25) is 0 Å². The average molecular weight is 319 g/mol. The third-order valence-electron chi connectivity index (χ3n) is 2.21. The van der Waals surface area contributed by atoms with E-state index < -0.39 is 21.1 Å². The van der Waals surface area contributed by atoms with E-state index in [1.165, 1.54) is 5.56 Å². The van der Waals surface area contributed by atoms with Gasteiger partial charge in [-0.1, -0.05) is 0 Å². The molecule has 0 fully saturated rings. The first-order valence-corrected chi connectivity index (χ1v) is 8.27. The Hall–Kier alpha value is -0.771. The molecular formula is C13H16N2Sn. The van der Waals surface area contributed by atoms with Gasteiger partial charge in [0.25, 0.3) is 0 Å². The van der Waals surface area contributed by atoms with E-state index in [2.05, 4.69) is 55.0 Å². The summed E-state index contributed by atoms with van der Waals surface area (Å²) in [5, 5.41) is 0. The molecule has 2 aromatic rings. The van der Waals surface area contributed by atoms with Gasteiger partial charge in [0.15, 0.2) is 0 Å². The summed E-state index contributed by atoms with van der Waals surface area (Å²) in [6.07, 6.45) is 3.58. The molecule has 0 aliphatic rings. The van der Waals surface area contributed by atoms with Crippen molar-refractivity contribution in [2.75, 3.05) is 0 Å². The molecule has 0 unspecified atom stereocenters. The second-order valence-corrected chi connectivity index (χ2v) is 11.6. The molecule has 1 N–H and O–H groups in total. The van der Waals surface area contributed by atoms with Crippen molar-refractivity contribution in [3.8, 4) is 11.3 Å². The molecule has 1 aromatic heterocycles. The topological polar surface area (TPSA) is 28.7 Å². The Bertz CT molecular complexity index is 438. The molecule has 0 saturated heterocycles. The minimum atomic E-state index is -0.470. The van der Waals surface area contributed by atoms with Crippen LogP contribution in [0.25, 0.3) is 11.3 Å². The summed E-state index contributed by atoms with van der Waals surface area (Å²) in [4.78, 5) is 7.16. The van der Waals surface area contributed by atoms with Crippen molar-refractivity contribution in [2.24, 2.45) is 0 Å². The maximum atomic E-state index is 4.04. The number of benzene rings is 1. The monoisotopic (exact) mass is 320 g/mol. The number of nitrogens with zero attached hydrogens (tertiary/aromatic N) is 1. The van der Waals surface area contributed by atoms with E-state index in [0.29, 0.717) is 3.43 Å². The first-order valence-electron chi connectivity index (χ1n) is 5.42. The second kappa shape index (κ2) is 4.61. The van der Waals surface area contributed by atoms with Crippen LogP contribution in [0.4, 0.5) is 0 Å². The van der Waals surface area contributed by atoms with Crippen LogP contribution in [0.15, 0.2) is 36.8 Å². The van der Waals surface area contributed by atoms with Crippen molar-refractivity contribution in [2.45, 2.75) is 24.2 Å². The summed E-state index contributed by atoms with van der Waals surface area (Å²) in [5.74, 6) is 0. The first-order chi connectivity index (χ1) is 7.54. The summed E-state index contributed by atoms with van der Waals surface area (Å²) in [7, 11) is 0. The molecule has 16 heavy (non-hydrogen) atoms. The van der Waals surface area contributed by atoms with E-state index >= 15 is 0 Å². The zero-order valence-electron chi connectivity index (χ0n) is 9.91. The quantitative estimate of drug-likeness (QED) is 0.847. The van der Waals surface area contributed by atoms with Crippen LogP contribution >= 0.6 is 0 Å². The average Bonchev–Trinajstić information content (AvgIpc) is 2.69. The van der Waals surface area contributed by atoms with E-state index in [4.69, 9.17) is 0 Å². The van der Waals surface area contributed by atoms with Crippen molar-refractivity contribution >= 4 is 24.7 Å². The van der Waals surface area contributed by atoms with Gasteiger partial charge in [0.2, 0.25) is 0 Å². The molecule has 0 amide bonds. The van der Waals surface area contributed by atoms with E-state index in [0.717, 1.165) is 5.69 Å². The number of rotatable bonds is 2. The Labute approximate surface area is 107 Å². The molecule has 2 radical (unpaired) electrons.